The standard InChI is InChI=1S/C21H24FN3S/c22-20-10-8-19(9-11-20)17-23-21(26)25-15-13-24(14-16-25)12-4-7-18-5-2-1-3-6-18/h1-11H,12-17H2,(H,23,26)/p+1/b7-4+. The minimum Gasteiger partial charge on any atom is -0.358 e. The molecule has 0 atom stereocenters. The Morgan fingerprint density at radius 3 is 2.46 bits per heavy atom. The molecule has 0 bridgehead atoms. The van der Waals surface area contributed by atoms with Crippen molar-refractivity contribution in [1.29, 1.82) is 0 Å². The Kier molecular flexibility index (Phi) is 6.75. The molecule has 0 amide bonds. The molecule has 2 aromatic carbocycles. The van der Waals surface area contributed by atoms with Gasteiger partial charge in [0.25, 0.3) is 0 Å². The van der Waals surface area contributed by atoms with Crippen LogP contribution in [0.25, 0.3) is 6.08 Å². The third kappa shape index (κ3) is 5.64. The Balaban J connectivity index is 1.38. The van der Waals surface area contributed by atoms with E-state index in [9.17, 15) is 4.39 Å². The lowest BCUT2D eigenvalue weighted by Crippen LogP contribution is -3.14. The van der Waals surface area contributed by atoms with E-state index in [1.165, 1.54) is 17.7 Å². The minimum absolute atomic E-state index is 0.211. The van der Waals surface area contributed by atoms with Crippen LogP contribution < -0.4 is 10.2 Å². The quantitative estimate of drug-likeness (QED) is 0.787. The third-order valence-electron chi connectivity index (χ3n) is 4.63. The van der Waals surface area contributed by atoms with Crippen LogP contribution in [-0.2, 0) is 6.54 Å². The van der Waals surface area contributed by atoms with Crippen molar-refractivity contribution in [3.05, 3.63) is 77.6 Å². The topological polar surface area (TPSA) is 19.7 Å². The summed E-state index contributed by atoms with van der Waals surface area (Å²) in [6, 6.07) is 16.9. The van der Waals surface area contributed by atoms with Gasteiger partial charge in [0.1, 0.15) is 5.82 Å². The lowest BCUT2D eigenvalue weighted by atomic mass is 10.2. The van der Waals surface area contributed by atoms with Crippen molar-refractivity contribution < 1.29 is 9.29 Å². The summed E-state index contributed by atoms with van der Waals surface area (Å²) in [6.45, 7) is 5.76. The molecule has 2 aromatic rings. The van der Waals surface area contributed by atoms with Gasteiger partial charge in [0.05, 0.1) is 32.7 Å². The maximum atomic E-state index is 12.9. The average Bonchev–Trinajstić information content (AvgIpc) is 2.69. The molecule has 1 saturated heterocycles. The van der Waals surface area contributed by atoms with Gasteiger partial charge in [0, 0.05) is 6.54 Å². The Bertz CT molecular complexity index is 723. The Morgan fingerprint density at radius 1 is 1.08 bits per heavy atom. The van der Waals surface area contributed by atoms with Crippen LogP contribution in [0, 0.1) is 5.82 Å². The van der Waals surface area contributed by atoms with E-state index in [0.29, 0.717) is 6.54 Å². The van der Waals surface area contributed by atoms with E-state index < -0.39 is 0 Å². The largest absolute Gasteiger partial charge is 0.358 e. The zero-order valence-electron chi connectivity index (χ0n) is 14.8. The van der Waals surface area contributed by atoms with Gasteiger partial charge in [-0.15, -0.1) is 0 Å². The fraction of sp³-hybridized carbons (Fsp3) is 0.286. The van der Waals surface area contributed by atoms with Gasteiger partial charge in [0.2, 0.25) is 0 Å². The number of piperazine rings is 1. The summed E-state index contributed by atoms with van der Waals surface area (Å²) < 4.78 is 12.9. The van der Waals surface area contributed by atoms with Crippen LogP contribution in [0.1, 0.15) is 11.1 Å². The number of thiocarbonyl (C=S) groups is 1. The zero-order valence-corrected chi connectivity index (χ0v) is 15.6. The molecule has 1 fully saturated rings. The summed E-state index contributed by atoms with van der Waals surface area (Å²) >= 11 is 5.51. The first-order chi connectivity index (χ1) is 12.7. The van der Waals surface area contributed by atoms with E-state index in [4.69, 9.17) is 12.2 Å². The number of benzene rings is 2. The van der Waals surface area contributed by atoms with Gasteiger partial charge in [-0.25, -0.2) is 4.39 Å². The molecule has 0 spiro atoms. The summed E-state index contributed by atoms with van der Waals surface area (Å²) in [7, 11) is 0. The predicted octanol–water partition coefficient (Wildman–Crippen LogP) is 2.11. The lowest BCUT2D eigenvalue weighted by Gasteiger charge is -2.33. The molecule has 0 aromatic heterocycles. The van der Waals surface area contributed by atoms with Gasteiger partial charge in [-0.05, 0) is 41.6 Å². The number of halogens is 1. The molecule has 0 saturated carbocycles. The highest BCUT2D eigenvalue weighted by atomic mass is 32.1. The van der Waals surface area contributed by atoms with E-state index in [1.807, 2.05) is 6.07 Å². The molecule has 3 rings (SSSR count). The van der Waals surface area contributed by atoms with E-state index in [-0.39, 0.29) is 5.82 Å². The molecule has 1 aliphatic rings. The summed E-state index contributed by atoms with van der Waals surface area (Å²) in [5.41, 5.74) is 2.28. The summed E-state index contributed by atoms with van der Waals surface area (Å²) in [6.07, 6.45) is 4.44. The minimum atomic E-state index is -0.211. The fourth-order valence-corrected chi connectivity index (χ4v) is 3.30. The first kappa shape index (κ1) is 18.5. The van der Waals surface area contributed by atoms with Crippen LogP contribution in [0.2, 0.25) is 0 Å². The van der Waals surface area contributed by atoms with Gasteiger partial charge >= 0.3 is 0 Å². The normalized spacial score (nSPS) is 15.3. The van der Waals surface area contributed by atoms with E-state index in [1.54, 1.807) is 17.0 Å². The van der Waals surface area contributed by atoms with Crippen molar-refractivity contribution in [1.82, 2.24) is 10.2 Å². The van der Waals surface area contributed by atoms with E-state index in [2.05, 4.69) is 46.6 Å². The highest BCUT2D eigenvalue weighted by Crippen LogP contribution is 2.03. The molecule has 1 aliphatic heterocycles. The Morgan fingerprint density at radius 2 is 1.77 bits per heavy atom. The van der Waals surface area contributed by atoms with E-state index in [0.717, 1.165) is 43.4 Å². The third-order valence-corrected chi connectivity index (χ3v) is 5.03. The molecular formula is C21H25FN3S+. The van der Waals surface area contributed by atoms with Gasteiger partial charge < -0.3 is 15.1 Å². The van der Waals surface area contributed by atoms with Crippen molar-refractivity contribution in [2.24, 2.45) is 0 Å². The van der Waals surface area contributed by atoms with Gasteiger partial charge in [-0.2, -0.15) is 0 Å². The van der Waals surface area contributed by atoms with Crippen molar-refractivity contribution in [3.8, 4) is 0 Å². The predicted molar refractivity (Wildman–Crippen MR) is 108 cm³/mol. The zero-order chi connectivity index (χ0) is 18.2. The van der Waals surface area contributed by atoms with Crippen molar-refractivity contribution in [3.63, 3.8) is 0 Å². The number of quaternary nitrogens is 1. The second kappa shape index (κ2) is 9.46. The van der Waals surface area contributed by atoms with Crippen molar-refractivity contribution in [2.75, 3.05) is 32.7 Å². The number of hydrogen-bond donors (Lipinski definition) is 2. The number of nitrogens with zero attached hydrogens (tertiary/aromatic N) is 1. The fourth-order valence-electron chi connectivity index (χ4n) is 3.05. The van der Waals surface area contributed by atoms with Crippen LogP contribution in [0.4, 0.5) is 4.39 Å². The molecule has 2 N–H and O–H groups in total. The van der Waals surface area contributed by atoms with E-state index >= 15 is 0 Å². The average molecular weight is 371 g/mol. The first-order valence-corrected chi connectivity index (χ1v) is 9.44. The molecule has 0 radical (unpaired) electrons. The Hall–Kier alpha value is -2.24. The van der Waals surface area contributed by atoms with Crippen LogP contribution in [0.15, 0.2) is 60.7 Å². The van der Waals surface area contributed by atoms with Gasteiger partial charge in [-0.1, -0.05) is 48.5 Å². The highest BCUT2D eigenvalue weighted by molar-refractivity contribution is 7.80. The van der Waals surface area contributed by atoms with Crippen LogP contribution in [-0.4, -0.2) is 42.7 Å². The molecule has 26 heavy (non-hydrogen) atoms. The summed E-state index contributed by atoms with van der Waals surface area (Å²) in [4.78, 5) is 3.80. The maximum absolute atomic E-state index is 12.9. The van der Waals surface area contributed by atoms with Crippen LogP contribution in [0.3, 0.4) is 0 Å². The number of nitrogens with one attached hydrogen (secondary N) is 2. The second-order valence-corrected chi connectivity index (χ2v) is 6.93. The van der Waals surface area contributed by atoms with Gasteiger partial charge in [0.15, 0.2) is 5.11 Å². The number of rotatable bonds is 5. The smallest absolute Gasteiger partial charge is 0.169 e. The molecule has 1 heterocycles. The molecular weight excluding hydrogens is 345 g/mol. The number of hydrogen-bond acceptors (Lipinski definition) is 1. The van der Waals surface area contributed by atoms with Crippen molar-refractivity contribution >= 4 is 23.4 Å². The van der Waals surface area contributed by atoms with Gasteiger partial charge in [-0.3, -0.25) is 0 Å². The SMILES string of the molecule is Fc1ccc(CNC(=S)N2CC[NH+](C/C=C/c3ccccc3)CC2)cc1. The van der Waals surface area contributed by atoms with Crippen molar-refractivity contribution in [2.45, 2.75) is 6.54 Å². The van der Waals surface area contributed by atoms with Crippen LogP contribution >= 0.6 is 12.2 Å². The molecule has 0 aliphatic carbocycles. The molecule has 3 nitrogen and oxygen atoms in total. The molecule has 5 heteroatoms. The van der Waals surface area contributed by atoms with Crippen LogP contribution in [0.5, 0.6) is 0 Å². The highest BCUT2D eigenvalue weighted by Gasteiger charge is 2.20. The maximum Gasteiger partial charge on any atom is 0.169 e. The second-order valence-electron chi connectivity index (χ2n) is 6.54. The molecule has 0 unspecified atom stereocenters. The monoisotopic (exact) mass is 370 g/mol. The summed E-state index contributed by atoms with van der Waals surface area (Å²) in [5, 5.41) is 4.06. The lowest BCUT2D eigenvalue weighted by molar-refractivity contribution is -0.897. The Labute approximate surface area is 160 Å². The first-order valence-electron chi connectivity index (χ1n) is 9.03. The summed E-state index contributed by atoms with van der Waals surface area (Å²) in [5.74, 6) is -0.211. The molecule has 136 valence electrons.